The molecule has 1 heterocycles. The van der Waals surface area contributed by atoms with Crippen LogP contribution in [0.15, 0.2) is 0 Å². The fourth-order valence-electron chi connectivity index (χ4n) is 2.01. The minimum absolute atomic E-state index is 0.122. The summed E-state index contributed by atoms with van der Waals surface area (Å²) in [5, 5.41) is 3.38. The topological polar surface area (TPSA) is 41.6 Å². The van der Waals surface area contributed by atoms with Crippen LogP contribution in [0.3, 0.4) is 0 Å². The van der Waals surface area contributed by atoms with Gasteiger partial charge in [0.1, 0.15) is 0 Å². The fourth-order valence-corrected chi connectivity index (χ4v) is 2.01. The standard InChI is InChI=1S/C11H22N2O2/c1-3-15-11(14)9-13(2)8-10-5-4-6-12-7-10/h10,12H,3-9H2,1-2H3. The molecule has 0 aromatic rings. The quantitative estimate of drug-likeness (QED) is 0.676. The molecule has 1 atom stereocenters. The molecule has 0 aromatic heterocycles. The van der Waals surface area contributed by atoms with E-state index < -0.39 is 0 Å². The van der Waals surface area contributed by atoms with Crippen LogP contribution in [0.1, 0.15) is 19.8 Å². The SMILES string of the molecule is CCOC(=O)CN(C)CC1CCCNC1. The molecule has 1 unspecified atom stereocenters. The van der Waals surface area contributed by atoms with E-state index in [1.54, 1.807) is 0 Å². The third-order valence-electron chi connectivity index (χ3n) is 2.67. The lowest BCUT2D eigenvalue weighted by Crippen LogP contribution is -2.38. The Morgan fingerprint density at radius 2 is 2.40 bits per heavy atom. The number of likely N-dealkylation sites (N-methyl/N-ethyl adjacent to an activating group) is 1. The van der Waals surface area contributed by atoms with Crippen molar-refractivity contribution in [2.75, 3.05) is 39.8 Å². The van der Waals surface area contributed by atoms with Gasteiger partial charge in [0.15, 0.2) is 0 Å². The molecule has 1 fully saturated rings. The largest absolute Gasteiger partial charge is 0.465 e. The van der Waals surface area contributed by atoms with Gasteiger partial charge in [-0.15, -0.1) is 0 Å². The van der Waals surface area contributed by atoms with E-state index in [9.17, 15) is 4.79 Å². The second-order valence-corrected chi connectivity index (χ2v) is 4.21. The van der Waals surface area contributed by atoms with Crippen molar-refractivity contribution >= 4 is 5.97 Å². The third-order valence-corrected chi connectivity index (χ3v) is 2.67. The Bertz CT molecular complexity index is 191. The second-order valence-electron chi connectivity index (χ2n) is 4.21. The van der Waals surface area contributed by atoms with Crippen LogP contribution in [0.4, 0.5) is 0 Å². The molecule has 0 aromatic carbocycles. The maximum Gasteiger partial charge on any atom is 0.320 e. The summed E-state index contributed by atoms with van der Waals surface area (Å²) in [5.74, 6) is 0.557. The molecule has 0 spiro atoms. The van der Waals surface area contributed by atoms with Crippen molar-refractivity contribution in [3.63, 3.8) is 0 Å². The van der Waals surface area contributed by atoms with Crippen molar-refractivity contribution in [1.82, 2.24) is 10.2 Å². The first-order valence-corrected chi connectivity index (χ1v) is 5.77. The lowest BCUT2D eigenvalue weighted by molar-refractivity contribution is -0.144. The highest BCUT2D eigenvalue weighted by Crippen LogP contribution is 2.10. The van der Waals surface area contributed by atoms with E-state index in [2.05, 4.69) is 10.2 Å². The molecule has 0 saturated carbocycles. The number of carbonyl (C=O) groups is 1. The number of hydrogen-bond donors (Lipinski definition) is 1. The first-order valence-electron chi connectivity index (χ1n) is 5.77. The number of ether oxygens (including phenoxy) is 1. The molecule has 0 aliphatic carbocycles. The number of nitrogens with one attached hydrogen (secondary N) is 1. The summed E-state index contributed by atoms with van der Waals surface area (Å²) in [7, 11) is 1.98. The molecule has 1 N–H and O–H groups in total. The van der Waals surface area contributed by atoms with Crippen LogP contribution in [-0.4, -0.2) is 50.7 Å². The molecular weight excluding hydrogens is 192 g/mol. The predicted octanol–water partition coefficient (Wildman–Crippen LogP) is 0.481. The number of nitrogens with zero attached hydrogens (tertiary/aromatic N) is 1. The summed E-state index contributed by atoms with van der Waals surface area (Å²) in [4.78, 5) is 13.3. The number of piperidine rings is 1. The summed E-state index contributed by atoms with van der Waals surface area (Å²) in [6.45, 7) is 5.90. The molecule has 0 bridgehead atoms. The number of rotatable bonds is 5. The number of carbonyl (C=O) groups excluding carboxylic acids is 1. The minimum Gasteiger partial charge on any atom is -0.465 e. The average molecular weight is 214 g/mol. The van der Waals surface area contributed by atoms with E-state index in [4.69, 9.17) is 4.74 Å². The predicted molar refractivity (Wildman–Crippen MR) is 59.7 cm³/mol. The summed E-state index contributed by atoms with van der Waals surface area (Å²) in [5.41, 5.74) is 0. The van der Waals surface area contributed by atoms with Gasteiger partial charge in [-0.05, 0) is 45.8 Å². The molecule has 15 heavy (non-hydrogen) atoms. The summed E-state index contributed by atoms with van der Waals surface area (Å²) in [6, 6.07) is 0. The lowest BCUT2D eigenvalue weighted by Gasteiger charge is -2.26. The molecule has 1 aliphatic heterocycles. The van der Waals surface area contributed by atoms with Crippen molar-refractivity contribution in [2.45, 2.75) is 19.8 Å². The van der Waals surface area contributed by atoms with Crippen LogP contribution in [0.2, 0.25) is 0 Å². The zero-order valence-corrected chi connectivity index (χ0v) is 9.79. The van der Waals surface area contributed by atoms with Gasteiger partial charge in [-0.2, -0.15) is 0 Å². The van der Waals surface area contributed by atoms with Crippen molar-refractivity contribution in [1.29, 1.82) is 0 Å². The normalized spacial score (nSPS) is 21.7. The maximum absolute atomic E-state index is 11.2. The Hall–Kier alpha value is -0.610. The van der Waals surface area contributed by atoms with E-state index in [-0.39, 0.29) is 5.97 Å². The molecule has 1 aliphatic rings. The van der Waals surface area contributed by atoms with Crippen LogP contribution in [0, 0.1) is 5.92 Å². The zero-order chi connectivity index (χ0) is 11.1. The molecule has 88 valence electrons. The third kappa shape index (κ3) is 5.14. The summed E-state index contributed by atoms with van der Waals surface area (Å²) < 4.78 is 4.91. The Kier molecular flexibility index (Phi) is 5.65. The zero-order valence-electron chi connectivity index (χ0n) is 9.79. The van der Waals surface area contributed by atoms with E-state index in [0.29, 0.717) is 19.1 Å². The van der Waals surface area contributed by atoms with E-state index in [1.165, 1.54) is 12.8 Å². The van der Waals surface area contributed by atoms with Crippen molar-refractivity contribution in [3.05, 3.63) is 0 Å². The van der Waals surface area contributed by atoms with Gasteiger partial charge < -0.3 is 10.1 Å². The lowest BCUT2D eigenvalue weighted by atomic mass is 9.99. The van der Waals surface area contributed by atoms with Gasteiger partial charge in [-0.1, -0.05) is 0 Å². The van der Waals surface area contributed by atoms with Crippen molar-refractivity contribution in [2.24, 2.45) is 5.92 Å². The molecule has 0 amide bonds. The average Bonchev–Trinajstić information content (AvgIpc) is 2.19. The highest BCUT2D eigenvalue weighted by atomic mass is 16.5. The van der Waals surface area contributed by atoms with Crippen LogP contribution in [-0.2, 0) is 9.53 Å². The molecule has 4 nitrogen and oxygen atoms in total. The maximum atomic E-state index is 11.2. The first-order chi connectivity index (χ1) is 7.22. The van der Waals surface area contributed by atoms with Crippen molar-refractivity contribution < 1.29 is 9.53 Å². The Morgan fingerprint density at radius 1 is 1.60 bits per heavy atom. The minimum atomic E-state index is -0.122. The van der Waals surface area contributed by atoms with Gasteiger partial charge >= 0.3 is 5.97 Å². The van der Waals surface area contributed by atoms with Gasteiger partial charge in [0, 0.05) is 6.54 Å². The Morgan fingerprint density at radius 3 is 3.00 bits per heavy atom. The fraction of sp³-hybridized carbons (Fsp3) is 0.909. The van der Waals surface area contributed by atoms with Crippen LogP contribution in [0.5, 0.6) is 0 Å². The Balaban J connectivity index is 2.16. The summed E-state index contributed by atoms with van der Waals surface area (Å²) >= 11 is 0. The number of hydrogen-bond acceptors (Lipinski definition) is 4. The van der Waals surface area contributed by atoms with Gasteiger partial charge in [-0.3, -0.25) is 9.69 Å². The van der Waals surface area contributed by atoms with Crippen LogP contribution in [0.25, 0.3) is 0 Å². The smallest absolute Gasteiger partial charge is 0.320 e. The van der Waals surface area contributed by atoms with Gasteiger partial charge in [0.25, 0.3) is 0 Å². The second kappa shape index (κ2) is 6.80. The van der Waals surface area contributed by atoms with Crippen LogP contribution >= 0.6 is 0 Å². The van der Waals surface area contributed by atoms with Gasteiger partial charge in [0.05, 0.1) is 13.2 Å². The summed E-state index contributed by atoms with van der Waals surface area (Å²) in [6.07, 6.45) is 2.51. The van der Waals surface area contributed by atoms with Crippen LogP contribution < -0.4 is 5.32 Å². The molecular formula is C11H22N2O2. The molecule has 1 rings (SSSR count). The van der Waals surface area contributed by atoms with Gasteiger partial charge in [0.2, 0.25) is 0 Å². The molecule has 1 saturated heterocycles. The monoisotopic (exact) mass is 214 g/mol. The Labute approximate surface area is 92.0 Å². The van der Waals surface area contributed by atoms with E-state index in [1.807, 2.05) is 14.0 Å². The first kappa shape index (κ1) is 12.5. The number of esters is 1. The van der Waals surface area contributed by atoms with Crippen molar-refractivity contribution in [3.8, 4) is 0 Å². The molecule has 4 heteroatoms. The van der Waals surface area contributed by atoms with Gasteiger partial charge in [-0.25, -0.2) is 0 Å². The van der Waals surface area contributed by atoms with E-state index >= 15 is 0 Å². The molecule has 0 radical (unpaired) electrons. The van der Waals surface area contributed by atoms with E-state index in [0.717, 1.165) is 19.6 Å². The highest BCUT2D eigenvalue weighted by molar-refractivity contribution is 5.71. The highest BCUT2D eigenvalue weighted by Gasteiger charge is 2.16.